The van der Waals surface area contributed by atoms with Gasteiger partial charge in [-0.3, -0.25) is 0 Å². The van der Waals surface area contributed by atoms with Gasteiger partial charge in [-0.25, -0.2) is 9.18 Å². The van der Waals surface area contributed by atoms with E-state index in [1.165, 1.54) is 30.3 Å². The van der Waals surface area contributed by atoms with Gasteiger partial charge < -0.3 is 19.9 Å². The highest BCUT2D eigenvalue weighted by atomic mass is 19.4. The molecule has 2 aliphatic rings. The van der Waals surface area contributed by atoms with Gasteiger partial charge in [0.2, 0.25) is 0 Å². The van der Waals surface area contributed by atoms with Gasteiger partial charge in [-0.1, -0.05) is 6.07 Å². The molecule has 4 rings (SSSR count). The fraction of sp³-hybridized carbons (Fsp3) is 0.350. The molecule has 2 aliphatic heterocycles. The molecule has 2 N–H and O–H groups in total. The predicted molar refractivity (Wildman–Crippen MR) is 94.3 cm³/mol. The molecule has 0 amide bonds. The van der Waals surface area contributed by atoms with Gasteiger partial charge in [-0.05, 0) is 48.7 Å². The monoisotopic (exact) mass is 411 g/mol. The summed E-state index contributed by atoms with van der Waals surface area (Å²) < 4.78 is 61.8. The Bertz CT molecular complexity index is 947. The lowest BCUT2D eigenvalue weighted by molar-refractivity contribution is -0.274. The third kappa shape index (κ3) is 3.87. The van der Waals surface area contributed by atoms with Gasteiger partial charge in [0.1, 0.15) is 11.6 Å². The maximum Gasteiger partial charge on any atom is 0.573 e. The lowest BCUT2D eigenvalue weighted by Gasteiger charge is -2.43. The van der Waals surface area contributed by atoms with Gasteiger partial charge in [-0.2, -0.15) is 0 Å². The lowest BCUT2D eigenvalue weighted by atomic mass is 9.77. The minimum atomic E-state index is -4.80. The van der Waals surface area contributed by atoms with Crippen LogP contribution in [0.3, 0.4) is 0 Å². The van der Waals surface area contributed by atoms with E-state index in [2.05, 4.69) is 10.1 Å². The van der Waals surface area contributed by atoms with E-state index in [4.69, 9.17) is 9.84 Å². The number of ether oxygens (including phenoxy) is 2. The van der Waals surface area contributed by atoms with Gasteiger partial charge >= 0.3 is 12.3 Å². The summed E-state index contributed by atoms with van der Waals surface area (Å²) in [5.74, 6) is -2.69. The number of carbonyl (C=O) groups is 1. The SMILES string of the molecule is O=C(O)c1ccc([C@@H]2Nc3ccc(OC(F)(F)F)cc3[C@@H]3OCCC[C@H]23)cc1F. The van der Waals surface area contributed by atoms with E-state index in [1.807, 2.05) is 0 Å². The molecule has 9 heteroatoms. The van der Waals surface area contributed by atoms with Gasteiger partial charge in [0, 0.05) is 23.8 Å². The Morgan fingerprint density at radius 3 is 2.69 bits per heavy atom. The number of hydrogen-bond donors (Lipinski definition) is 2. The van der Waals surface area contributed by atoms with Crippen molar-refractivity contribution >= 4 is 11.7 Å². The Hall–Kier alpha value is -2.81. The van der Waals surface area contributed by atoms with Gasteiger partial charge in [0.05, 0.1) is 17.7 Å². The van der Waals surface area contributed by atoms with Crippen molar-refractivity contribution < 1.29 is 36.9 Å². The third-order valence-electron chi connectivity index (χ3n) is 5.25. The number of carboxylic acid groups (broad SMARTS) is 1. The number of aromatic carboxylic acids is 1. The molecule has 5 nitrogen and oxygen atoms in total. The normalized spacial score (nSPS) is 23.5. The molecule has 1 fully saturated rings. The first-order valence-electron chi connectivity index (χ1n) is 9.03. The molecule has 0 spiro atoms. The molecule has 0 aliphatic carbocycles. The first-order valence-corrected chi connectivity index (χ1v) is 9.03. The molecular formula is C20H17F4NO4. The van der Waals surface area contributed by atoms with Crippen molar-refractivity contribution in [1.29, 1.82) is 0 Å². The summed E-state index contributed by atoms with van der Waals surface area (Å²) in [4.78, 5) is 11.1. The fourth-order valence-corrected chi connectivity index (χ4v) is 4.07. The molecular weight excluding hydrogens is 394 g/mol. The summed E-state index contributed by atoms with van der Waals surface area (Å²) in [7, 11) is 0. The molecule has 2 aromatic carbocycles. The van der Waals surface area contributed by atoms with Crippen LogP contribution >= 0.6 is 0 Å². The molecule has 3 atom stereocenters. The Morgan fingerprint density at radius 1 is 1.21 bits per heavy atom. The Morgan fingerprint density at radius 2 is 2.00 bits per heavy atom. The zero-order valence-electron chi connectivity index (χ0n) is 15.0. The lowest BCUT2D eigenvalue weighted by Crippen LogP contribution is -2.36. The number of benzene rings is 2. The van der Waals surface area contributed by atoms with E-state index in [0.717, 1.165) is 6.42 Å². The van der Waals surface area contributed by atoms with Crippen LogP contribution in [0.5, 0.6) is 5.75 Å². The summed E-state index contributed by atoms with van der Waals surface area (Å²) in [6.07, 6.45) is -3.81. The highest BCUT2D eigenvalue weighted by Gasteiger charge is 2.41. The molecule has 0 unspecified atom stereocenters. The van der Waals surface area contributed by atoms with E-state index in [-0.39, 0.29) is 17.7 Å². The van der Waals surface area contributed by atoms with Gasteiger partial charge in [-0.15, -0.1) is 13.2 Å². The second-order valence-electron chi connectivity index (χ2n) is 7.06. The molecule has 1 saturated heterocycles. The molecule has 2 heterocycles. The molecule has 0 saturated carbocycles. The molecule has 154 valence electrons. The highest BCUT2D eigenvalue weighted by molar-refractivity contribution is 5.88. The number of anilines is 1. The number of halogens is 4. The minimum absolute atomic E-state index is 0.160. The average Bonchev–Trinajstić information content (AvgIpc) is 2.66. The van der Waals surface area contributed by atoms with E-state index < -0.39 is 29.8 Å². The highest BCUT2D eigenvalue weighted by Crippen LogP contribution is 2.50. The fourth-order valence-electron chi connectivity index (χ4n) is 4.07. The number of fused-ring (bicyclic) bond motifs is 3. The van der Waals surface area contributed by atoms with Crippen LogP contribution in [0.1, 0.15) is 46.5 Å². The molecule has 2 aromatic rings. The van der Waals surface area contributed by atoms with Crippen molar-refractivity contribution in [3.63, 3.8) is 0 Å². The largest absolute Gasteiger partial charge is 0.573 e. The Kier molecular flexibility index (Phi) is 4.85. The molecule has 0 aromatic heterocycles. The van der Waals surface area contributed by atoms with Crippen LogP contribution < -0.4 is 10.1 Å². The van der Waals surface area contributed by atoms with Crippen LogP contribution in [-0.2, 0) is 4.74 Å². The van der Waals surface area contributed by atoms with Gasteiger partial charge in [0.15, 0.2) is 0 Å². The van der Waals surface area contributed by atoms with E-state index >= 15 is 0 Å². The van der Waals surface area contributed by atoms with Crippen LogP contribution in [0.2, 0.25) is 0 Å². The van der Waals surface area contributed by atoms with Crippen molar-refractivity contribution in [1.82, 2.24) is 0 Å². The van der Waals surface area contributed by atoms with Crippen molar-refractivity contribution in [3.05, 3.63) is 58.9 Å². The zero-order valence-corrected chi connectivity index (χ0v) is 15.0. The predicted octanol–water partition coefficient (Wildman–Crippen LogP) is 5.06. The third-order valence-corrected chi connectivity index (χ3v) is 5.25. The van der Waals surface area contributed by atoms with E-state index in [0.29, 0.717) is 29.8 Å². The summed E-state index contributed by atoms with van der Waals surface area (Å²) in [6.45, 7) is 0.462. The van der Waals surface area contributed by atoms with Crippen molar-refractivity contribution in [3.8, 4) is 5.75 Å². The summed E-state index contributed by atoms with van der Waals surface area (Å²) in [5.41, 5.74) is 1.25. The summed E-state index contributed by atoms with van der Waals surface area (Å²) >= 11 is 0. The van der Waals surface area contributed by atoms with Crippen LogP contribution in [0.25, 0.3) is 0 Å². The maximum absolute atomic E-state index is 14.2. The number of rotatable bonds is 3. The Labute approximate surface area is 163 Å². The number of nitrogens with one attached hydrogen (secondary N) is 1. The summed E-state index contributed by atoms with van der Waals surface area (Å²) in [5, 5.41) is 12.3. The quantitative estimate of drug-likeness (QED) is 0.692. The van der Waals surface area contributed by atoms with Crippen molar-refractivity contribution in [2.45, 2.75) is 31.3 Å². The van der Waals surface area contributed by atoms with Crippen LogP contribution in [-0.4, -0.2) is 24.0 Å². The second-order valence-corrected chi connectivity index (χ2v) is 7.06. The second kappa shape index (κ2) is 7.22. The van der Waals surface area contributed by atoms with Crippen LogP contribution in [0, 0.1) is 11.7 Å². The maximum atomic E-state index is 14.2. The number of hydrogen-bond acceptors (Lipinski definition) is 4. The molecule has 0 radical (unpaired) electrons. The first-order chi connectivity index (χ1) is 13.7. The zero-order chi connectivity index (χ0) is 20.8. The first kappa shape index (κ1) is 19.5. The molecule has 29 heavy (non-hydrogen) atoms. The topological polar surface area (TPSA) is 67.8 Å². The van der Waals surface area contributed by atoms with Crippen molar-refractivity contribution in [2.75, 3.05) is 11.9 Å². The van der Waals surface area contributed by atoms with E-state index in [9.17, 15) is 22.4 Å². The average molecular weight is 411 g/mol. The molecule has 0 bridgehead atoms. The van der Waals surface area contributed by atoms with E-state index in [1.54, 1.807) is 6.07 Å². The van der Waals surface area contributed by atoms with Gasteiger partial charge in [0.25, 0.3) is 0 Å². The minimum Gasteiger partial charge on any atom is -0.478 e. The Balaban J connectivity index is 1.71. The standard InChI is InChI=1S/C20H17F4NO4/c21-15-8-10(3-5-12(15)19(26)27)17-13-2-1-7-28-18(13)14-9-11(29-20(22,23)24)4-6-16(14)25-17/h3-6,8-9,13,17-18,25H,1-2,7H2,(H,26,27)/t13-,17+,18-/m1/s1. The van der Waals surface area contributed by atoms with Crippen molar-refractivity contribution in [2.24, 2.45) is 5.92 Å². The smallest absolute Gasteiger partial charge is 0.478 e. The van der Waals surface area contributed by atoms with Crippen LogP contribution in [0.4, 0.5) is 23.2 Å². The van der Waals surface area contributed by atoms with Crippen LogP contribution in [0.15, 0.2) is 36.4 Å². The summed E-state index contributed by atoms with van der Waals surface area (Å²) in [6, 6.07) is 7.54. The number of carboxylic acids is 1. The number of alkyl halides is 3.